The molecule has 0 aliphatic carbocycles. The van der Waals surface area contributed by atoms with Crippen LogP contribution in [0.2, 0.25) is 0 Å². The Morgan fingerprint density at radius 1 is 1.22 bits per heavy atom. The summed E-state index contributed by atoms with van der Waals surface area (Å²) in [6, 6.07) is 11.0. The molecule has 0 spiro atoms. The Morgan fingerprint density at radius 2 is 2.00 bits per heavy atom. The van der Waals surface area contributed by atoms with Gasteiger partial charge in [-0.1, -0.05) is 18.2 Å². The van der Waals surface area contributed by atoms with Crippen molar-refractivity contribution >= 4 is 28.5 Å². The monoisotopic (exact) mass is 377 g/mol. The van der Waals surface area contributed by atoms with E-state index in [1.807, 2.05) is 6.07 Å². The lowest BCUT2D eigenvalue weighted by molar-refractivity contribution is -0.136. The predicted molar refractivity (Wildman–Crippen MR) is 99.0 cm³/mol. The molecule has 0 radical (unpaired) electrons. The van der Waals surface area contributed by atoms with Crippen LogP contribution in [0.1, 0.15) is 11.1 Å². The highest BCUT2D eigenvalue weighted by Crippen LogP contribution is 2.37. The van der Waals surface area contributed by atoms with Gasteiger partial charge in [0.25, 0.3) is 0 Å². The highest BCUT2D eigenvalue weighted by atomic mass is 19.4. The lowest BCUT2D eigenvalue weighted by atomic mass is 10.1. The van der Waals surface area contributed by atoms with Crippen LogP contribution in [0, 0.1) is 0 Å². The first-order chi connectivity index (χ1) is 12.9. The molecule has 3 aromatic rings. The van der Waals surface area contributed by atoms with Gasteiger partial charge in [0.2, 0.25) is 0 Å². The van der Waals surface area contributed by atoms with E-state index in [4.69, 9.17) is 4.74 Å². The molecular formula is C19H18F3N3O2. The van der Waals surface area contributed by atoms with Crippen LogP contribution in [0.5, 0.6) is 5.88 Å². The number of methoxy groups -OCH3 is 1. The topological polar surface area (TPSA) is 69.6 Å². The highest BCUT2D eigenvalue weighted by Gasteiger charge is 2.33. The van der Waals surface area contributed by atoms with Gasteiger partial charge in [-0.25, -0.2) is 0 Å². The van der Waals surface area contributed by atoms with Crippen LogP contribution in [0.4, 0.5) is 24.5 Å². The molecule has 0 aliphatic heterocycles. The van der Waals surface area contributed by atoms with E-state index in [2.05, 4.69) is 15.3 Å². The van der Waals surface area contributed by atoms with Gasteiger partial charge in [0, 0.05) is 36.5 Å². The Bertz CT molecular complexity index is 964. The van der Waals surface area contributed by atoms with Crippen LogP contribution >= 0.6 is 0 Å². The number of fused-ring (bicyclic) bond motifs is 1. The molecule has 0 fully saturated rings. The minimum absolute atomic E-state index is 0.0339. The molecule has 0 saturated carbocycles. The van der Waals surface area contributed by atoms with Crippen molar-refractivity contribution in [3.63, 3.8) is 0 Å². The van der Waals surface area contributed by atoms with E-state index in [0.29, 0.717) is 11.1 Å². The molecule has 142 valence electrons. The summed E-state index contributed by atoms with van der Waals surface area (Å²) in [6.07, 6.45) is -3.18. The number of anilines is 1. The second kappa shape index (κ2) is 7.71. The molecule has 27 heavy (non-hydrogen) atoms. The summed E-state index contributed by atoms with van der Waals surface area (Å²) < 4.78 is 44.9. The maximum absolute atomic E-state index is 13.4. The van der Waals surface area contributed by atoms with Gasteiger partial charge < -0.3 is 20.1 Å². The minimum Gasteiger partial charge on any atom is -0.494 e. The quantitative estimate of drug-likeness (QED) is 0.431. The summed E-state index contributed by atoms with van der Waals surface area (Å²) in [7, 11) is 1.48. The standard InChI is InChI=1S/C19H18F3N3O2/c1-27-9-8-23-17-7-6-12(10-15(17)19(20,21)22)24-11-14-13-4-2-3-5-16(13)25-18(14)26/h2-7,10-11,23,25-26H,8-9H2,1H3. The van der Waals surface area contributed by atoms with Crippen molar-refractivity contribution in [1.82, 2.24) is 4.98 Å². The van der Waals surface area contributed by atoms with Crippen molar-refractivity contribution in [3.8, 4) is 5.88 Å². The Balaban J connectivity index is 1.92. The minimum atomic E-state index is -4.52. The molecule has 3 N–H and O–H groups in total. The normalized spacial score (nSPS) is 12.1. The van der Waals surface area contributed by atoms with Crippen LogP contribution < -0.4 is 5.32 Å². The van der Waals surface area contributed by atoms with Gasteiger partial charge in [-0.15, -0.1) is 0 Å². The zero-order valence-corrected chi connectivity index (χ0v) is 14.5. The molecule has 1 aromatic heterocycles. The Hall–Kier alpha value is -3.00. The fourth-order valence-corrected chi connectivity index (χ4v) is 2.71. The molecular weight excluding hydrogens is 359 g/mol. The maximum atomic E-state index is 13.4. The second-order valence-electron chi connectivity index (χ2n) is 5.84. The molecule has 5 nitrogen and oxygen atoms in total. The van der Waals surface area contributed by atoms with E-state index >= 15 is 0 Å². The number of para-hydroxylation sites is 1. The first-order valence-electron chi connectivity index (χ1n) is 8.18. The number of aliphatic imine (C=N–C) groups is 1. The number of rotatable bonds is 6. The number of hydrogen-bond acceptors (Lipinski definition) is 4. The number of alkyl halides is 3. The van der Waals surface area contributed by atoms with E-state index in [9.17, 15) is 18.3 Å². The lowest BCUT2D eigenvalue weighted by Crippen LogP contribution is -2.13. The van der Waals surface area contributed by atoms with Crippen molar-refractivity contribution in [2.45, 2.75) is 6.18 Å². The molecule has 8 heteroatoms. The molecule has 1 heterocycles. The SMILES string of the molecule is COCCNc1ccc(N=Cc2c(O)[nH]c3ccccc23)cc1C(F)(F)F. The average molecular weight is 377 g/mol. The number of benzene rings is 2. The number of aromatic nitrogens is 1. The molecule has 2 aromatic carbocycles. The summed E-state index contributed by atoms with van der Waals surface area (Å²) in [4.78, 5) is 6.91. The number of aromatic amines is 1. The van der Waals surface area contributed by atoms with Gasteiger partial charge in [-0.05, 0) is 24.3 Å². The molecule has 0 atom stereocenters. The molecule has 0 saturated heterocycles. The number of halogens is 3. The number of nitrogens with one attached hydrogen (secondary N) is 2. The van der Waals surface area contributed by atoms with E-state index in [1.165, 1.54) is 25.5 Å². The molecule has 0 amide bonds. The van der Waals surface area contributed by atoms with Gasteiger partial charge in [0.05, 0.1) is 23.4 Å². The van der Waals surface area contributed by atoms with Gasteiger partial charge in [-0.3, -0.25) is 4.99 Å². The number of aromatic hydroxyl groups is 1. The first kappa shape index (κ1) is 18.8. The number of hydrogen-bond donors (Lipinski definition) is 3. The average Bonchev–Trinajstić information content (AvgIpc) is 2.95. The van der Waals surface area contributed by atoms with Crippen molar-refractivity contribution in [2.75, 3.05) is 25.6 Å². The third-order valence-electron chi connectivity index (χ3n) is 4.00. The maximum Gasteiger partial charge on any atom is 0.418 e. The van der Waals surface area contributed by atoms with Gasteiger partial charge >= 0.3 is 6.18 Å². The molecule has 0 bridgehead atoms. The summed E-state index contributed by atoms with van der Waals surface area (Å²) >= 11 is 0. The summed E-state index contributed by atoms with van der Waals surface area (Å²) in [5.74, 6) is -0.0890. The van der Waals surface area contributed by atoms with Crippen molar-refractivity contribution in [1.29, 1.82) is 0 Å². The third kappa shape index (κ3) is 4.22. The Labute approximate surface area is 153 Å². The fourth-order valence-electron chi connectivity index (χ4n) is 2.71. The fraction of sp³-hybridized carbons (Fsp3) is 0.211. The van der Waals surface area contributed by atoms with Crippen molar-refractivity contribution in [3.05, 3.63) is 53.6 Å². The van der Waals surface area contributed by atoms with E-state index in [1.54, 1.807) is 18.2 Å². The van der Waals surface area contributed by atoms with Gasteiger partial charge in [0.15, 0.2) is 5.88 Å². The van der Waals surface area contributed by atoms with E-state index in [-0.39, 0.29) is 30.4 Å². The van der Waals surface area contributed by atoms with Gasteiger partial charge in [-0.2, -0.15) is 13.2 Å². The first-order valence-corrected chi connectivity index (χ1v) is 8.18. The number of ether oxygens (including phenoxy) is 1. The summed E-state index contributed by atoms with van der Waals surface area (Å²) in [6.45, 7) is 0.544. The lowest BCUT2D eigenvalue weighted by Gasteiger charge is -2.15. The van der Waals surface area contributed by atoms with Crippen LogP contribution in [0.15, 0.2) is 47.5 Å². The van der Waals surface area contributed by atoms with Crippen LogP contribution in [0.3, 0.4) is 0 Å². The predicted octanol–water partition coefficient (Wildman–Crippen LogP) is 4.70. The smallest absolute Gasteiger partial charge is 0.418 e. The van der Waals surface area contributed by atoms with Crippen LogP contribution in [-0.2, 0) is 10.9 Å². The number of H-pyrrole nitrogens is 1. The Kier molecular flexibility index (Phi) is 5.36. The Morgan fingerprint density at radius 3 is 2.74 bits per heavy atom. The van der Waals surface area contributed by atoms with E-state index < -0.39 is 11.7 Å². The summed E-state index contributed by atoms with van der Waals surface area (Å²) in [5, 5.41) is 13.5. The van der Waals surface area contributed by atoms with E-state index in [0.717, 1.165) is 11.5 Å². The third-order valence-corrected chi connectivity index (χ3v) is 4.00. The van der Waals surface area contributed by atoms with Crippen LogP contribution in [0.25, 0.3) is 10.9 Å². The van der Waals surface area contributed by atoms with Crippen LogP contribution in [-0.4, -0.2) is 36.6 Å². The largest absolute Gasteiger partial charge is 0.494 e. The summed E-state index contributed by atoms with van der Waals surface area (Å²) in [5.41, 5.74) is 0.417. The zero-order chi connectivity index (χ0) is 19.4. The van der Waals surface area contributed by atoms with Crippen molar-refractivity contribution in [2.24, 2.45) is 4.99 Å². The molecule has 3 rings (SSSR count). The van der Waals surface area contributed by atoms with Crippen molar-refractivity contribution < 1.29 is 23.0 Å². The molecule has 0 aliphatic rings. The van der Waals surface area contributed by atoms with Gasteiger partial charge in [0.1, 0.15) is 0 Å². The zero-order valence-electron chi connectivity index (χ0n) is 14.5. The number of nitrogens with zero attached hydrogens (tertiary/aromatic N) is 1. The second-order valence-corrected chi connectivity index (χ2v) is 5.84. The highest BCUT2D eigenvalue weighted by molar-refractivity contribution is 6.02. The molecule has 0 unspecified atom stereocenters.